The highest BCUT2D eigenvalue weighted by Gasteiger charge is 2.19. The summed E-state index contributed by atoms with van der Waals surface area (Å²) in [6, 6.07) is 2.19. The van der Waals surface area contributed by atoms with Gasteiger partial charge in [-0.3, -0.25) is 4.90 Å². The van der Waals surface area contributed by atoms with Crippen LogP contribution in [0.1, 0.15) is 36.2 Å². The smallest absolute Gasteiger partial charge is 0.315 e. The second kappa shape index (κ2) is 9.00. The monoisotopic (exact) mass is 352 g/mol. The summed E-state index contributed by atoms with van der Waals surface area (Å²) < 4.78 is 0. The summed E-state index contributed by atoms with van der Waals surface area (Å²) in [7, 11) is 0. The van der Waals surface area contributed by atoms with Crippen molar-refractivity contribution in [3.63, 3.8) is 0 Å². The van der Waals surface area contributed by atoms with Crippen LogP contribution in [0, 0.1) is 6.92 Å². The first-order valence-electron chi connectivity index (χ1n) is 7.82. The summed E-state index contributed by atoms with van der Waals surface area (Å²) in [5, 5.41) is 13.1. The predicted molar refractivity (Wildman–Crippen MR) is 97.1 cm³/mol. The number of thiophene rings is 1. The number of thiazole rings is 1. The highest BCUT2D eigenvalue weighted by atomic mass is 32.1. The number of carbonyl (C=O) groups excluding carboxylic acids is 1. The summed E-state index contributed by atoms with van der Waals surface area (Å²) >= 11 is 3.28. The van der Waals surface area contributed by atoms with Crippen LogP contribution in [0.5, 0.6) is 0 Å². The molecule has 0 radical (unpaired) electrons. The van der Waals surface area contributed by atoms with Crippen molar-refractivity contribution in [1.82, 2.24) is 20.5 Å². The van der Waals surface area contributed by atoms with Crippen LogP contribution >= 0.6 is 22.7 Å². The van der Waals surface area contributed by atoms with Crippen molar-refractivity contribution >= 4 is 28.7 Å². The molecule has 0 saturated heterocycles. The number of aromatic nitrogens is 1. The normalized spacial score (nSPS) is 12.3. The molecule has 0 aliphatic heterocycles. The minimum absolute atomic E-state index is 0.150. The second-order valence-corrected chi connectivity index (χ2v) is 7.06. The number of rotatable bonds is 8. The molecule has 0 bridgehead atoms. The molecule has 5 nitrogen and oxygen atoms in total. The van der Waals surface area contributed by atoms with Gasteiger partial charge in [0, 0.05) is 11.9 Å². The van der Waals surface area contributed by atoms with Crippen LogP contribution in [0.15, 0.2) is 22.2 Å². The van der Waals surface area contributed by atoms with E-state index in [-0.39, 0.29) is 12.1 Å². The Bertz CT molecular complexity index is 593. The van der Waals surface area contributed by atoms with E-state index in [0.717, 1.165) is 23.8 Å². The average Bonchev–Trinajstić information content (AvgIpc) is 3.21. The van der Waals surface area contributed by atoms with Gasteiger partial charge in [0.1, 0.15) is 0 Å². The minimum Gasteiger partial charge on any atom is -0.336 e. The van der Waals surface area contributed by atoms with E-state index in [1.54, 1.807) is 22.7 Å². The van der Waals surface area contributed by atoms with Crippen molar-refractivity contribution in [3.05, 3.63) is 38.5 Å². The van der Waals surface area contributed by atoms with Crippen molar-refractivity contribution in [2.45, 2.75) is 33.4 Å². The van der Waals surface area contributed by atoms with Crippen LogP contribution in [0.3, 0.4) is 0 Å². The van der Waals surface area contributed by atoms with Gasteiger partial charge in [0.05, 0.1) is 23.3 Å². The molecule has 2 rings (SSSR count). The molecule has 0 fully saturated rings. The SMILES string of the molecule is CCN(CC)C(CNC(=O)NCc1csc(C)n1)c1ccsc1. The van der Waals surface area contributed by atoms with Crippen LogP contribution in [-0.4, -0.2) is 35.5 Å². The quantitative estimate of drug-likeness (QED) is 0.765. The number of carbonyl (C=O) groups is 1. The Morgan fingerprint density at radius 3 is 2.65 bits per heavy atom. The van der Waals surface area contributed by atoms with Gasteiger partial charge < -0.3 is 10.6 Å². The maximum atomic E-state index is 12.0. The summed E-state index contributed by atoms with van der Waals surface area (Å²) in [6.07, 6.45) is 0. The van der Waals surface area contributed by atoms with Gasteiger partial charge in [-0.25, -0.2) is 9.78 Å². The molecular weight excluding hydrogens is 328 g/mol. The Kier molecular flexibility index (Phi) is 7.01. The zero-order valence-electron chi connectivity index (χ0n) is 13.8. The molecule has 0 aromatic carbocycles. The van der Waals surface area contributed by atoms with E-state index in [0.29, 0.717) is 13.1 Å². The third-order valence-corrected chi connectivity index (χ3v) is 5.26. The van der Waals surface area contributed by atoms with Gasteiger partial charge in [-0.15, -0.1) is 11.3 Å². The molecular formula is C16H24N4OS2. The minimum atomic E-state index is -0.150. The van der Waals surface area contributed by atoms with Crippen molar-refractivity contribution in [2.24, 2.45) is 0 Å². The summed E-state index contributed by atoms with van der Waals surface area (Å²) in [5.41, 5.74) is 2.16. The Hall–Kier alpha value is -1.44. The topological polar surface area (TPSA) is 57.3 Å². The van der Waals surface area contributed by atoms with Crippen LogP contribution in [0.2, 0.25) is 0 Å². The number of nitrogens with zero attached hydrogens (tertiary/aromatic N) is 2. The number of hydrogen-bond acceptors (Lipinski definition) is 5. The van der Waals surface area contributed by atoms with Gasteiger partial charge in [-0.2, -0.15) is 11.3 Å². The van der Waals surface area contributed by atoms with E-state index < -0.39 is 0 Å². The molecule has 0 saturated carbocycles. The van der Waals surface area contributed by atoms with Gasteiger partial charge >= 0.3 is 6.03 Å². The molecule has 126 valence electrons. The van der Waals surface area contributed by atoms with Crippen molar-refractivity contribution in [2.75, 3.05) is 19.6 Å². The lowest BCUT2D eigenvalue weighted by Gasteiger charge is -2.29. The zero-order chi connectivity index (χ0) is 16.7. The Morgan fingerprint density at radius 1 is 1.30 bits per heavy atom. The van der Waals surface area contributed by atoms with Gasteiger partial charge in [0.25, 0.3) is 0 Å². The molecule has 0 aliphatic carbocycles. The molecule has 1 unspecified atom stereocenters. The fourth-order valence-corrected chi connectivity index (χ4v) is 3.82. The van der Waals surface area contributed by atoms with E-state index in [4.69, 9.17) is 0 Å². The highest BCUT2D eigenvalue weighted by molar-refractivity contribution is 7.09. The number of nitrogens with one attached hydrogen (secondary N) is 2. The Balaban J connectivity index is 1.86. The number of urea groups is 1. The lowest BCUT2D eigenvalue weighted by molar-refractivity contribution is 0.206. The zero-order valence-corrected chi connectivity index (χ0v) is 15.5. The molecule has 2 N–H and O–H groups in total. The second-order valence-electron chi connectivity index (χ2n) is 5.22. The summed E-state index contributed by atoms with van der Waals surface area (Å²) in [5.74, 6) is 0. The summed E-state index contributed by atoms with van der Waals surface area (Å²) in [4.78, 5) is 18.7. The van der Waals surface area contributed by atoms with E-state index >= 15 is 0 Å². The van der Waals surface area contributed by atoms with Crippen LogP contribution in [0.4, 0.5) is 4.79 Å². The van der Waals surface area contributed by atoms with E-state index in [1.807, 2.05) is 12.3 Å². The number of hydrogen-bond donors (Lipinski definition) is 2. The fraction of sp³-hybridized carbons (Fsp3) is 0.500. The third-order valence-electron chi connectivity index (χ3n) is 3.73. The van der Waals surface area contributed by atoms with Gasteiger partial charge in [0.2, 0.25) is 0 Å². The Morgan fingerprint density at radius 2 is 2.09 bits per heavy atom. The van der Waals surface area contributed by atoms with Crippen molar-refractivity contribution < 1.29 is 4.79 Å². The maximum Gasteiger partial charge on any atom is 0.315 e. The Labute approximate surface area is 145 Å². The first-order valence-corrected chi connectivity index (χ1v) is 9.65. The molecule has 1 atom stereocenters. The van der Waals surface area contributed by atoms with Gasteiger partial charge in [-0.1, -0.05) is 13.8 Å². The fourth-order valence-electron chi connectivity index (χ4n) is 2.50. The molecule has 2 amide bonds. The maximum absolute atomic E-state index is 12.0. The first kappa shape index (κ1) is 17.9. The van der Waals surface area contributed by atoms with E-state index in [9.17, 15) is 4.79 Å². The predicted octanol–water partition coefficient (Wildman–Crippen LogP) is 3.40. The molecule has 23 heavy (non-hydrogen) atoms. The van der Waals surface area contributed by atoms with Crippen LogP contribution in [0.25, 0.3) is 0 Å². The number of amides is 2. The average molecular weight is 353 g/mol. The lowest BCUT2D eigenvalue weighted by atomic mass is 10.1. The number of likely N-dealkylation sites (N-methyl/N-ethyl adjacent to an activating group) is 1. The summed E-state index contributed by atoms with van der Waals surface area (Å²) in [6.45, 7) is 9.23. The highest BCUT2D eigenvalue weighted by Crippen LogP contribution is 2.22. The van der Waals surface area contributed by atoms with Crippen molar-refractivity contribution in [3.8, 4) is 0 Å². The van der Waals surface area contributed by atoms with Crippen LogP contribution in [-0.2, 0) is 6.54 Å². The van der Waals surface area contributed by atoms with Gasteiger partial charge in [0.15, 0.2) is 0 Å². The molecule has 2 aromatic heterocycles. The standard InChI is InChI=1S/C16H24N4OS2/c1-4-20(5-2)15(13-6-7-22-10-13)9-18-16(21)17-8-14-11-23-12(3)19-14/h6-7,10-11,15H,4-5,8-9H2,1-3H3,(H2,17,18,21). The largest absolute Gasteiger partial charge is 0.336 e. The van der Waals surface area contributed by atoms with Crippen LogP contribution < -0.4 is 10.6 Å². The number of aryl methyl sites for hydroxylation is 1. The molecule has 7 heteroatoms. The van der Waals surface area contributed by atoms with Crippen molar-refractivity contribution in [1.29, 1.82) is 0 Å². The molecule has 0 spiro atoms. The third kappa shape index (κ3) is 5.30. The lowest BCUT2D eigenvalue weighted by Crippen LogP contribution is -2.42. The van der Waals surface area contributed by atoms with E-state index in [2.05, 4.69) is 51.2 Å². The molecule has 2 heterocycles. The molecule has 0 aliphatic rings. The first-order chi connectivity index (χ1) is 11.1. The van der Waals surface area contributed by atoms with E-state index in [1.165, 1.54) is 5.56 Å². The van der Waals surface area contributed by atoms with Gasteiger partial charge in [-0.05, 0) is 42.4 Å². The molecule has 2 aromatic rings.